The SMILES string of the molecule is CC.CC/C=C\N(Cc1ccc(N)cc1C(F)(F)F)C(C)=C(C)C. The lowest BCUT2D eigenvalue weighted by molar-refractivity contribution is -0.138. The van der Waals surface area contributed by atoms with Crippen molar-refractivity contribution in [2.75, 3.05) is 5.73 Å². The molecule has 0 aliphatic rings. The Balaban J connectivity index is 0.00000254. The maximum absolute atomic E-state index is 13.2. The van der Waals surface area contributed by atoms with Crippen LogP contribution < -0.4 is 5.73 Å². The summed E-state index contributed by atoms with van der Waals surface area (Å²) in [7, 11) is 0. The third kappa shape index (κ3) is 6.69. The molecule has 0 unspecified atom stereocenters. The Labute approximate surface area is 143 Å². The van der Waals surface area contributed by atoms with Crippen LogP contribution in [0.1, 0.15) is 59.1 Å². The Hall–Kier alpha value is -1.91. The van der Waals surface area contributed by atoms with Gasteiger partial charge in [0.1, 0.15) is 0 Å². The number of benzene rings is 1. The van der Waals surface area contributed by atoms with Crippen molar-refractivity contribution in [3.8, 4) is 0 Å². The largest absolute Gasteiger partial charge is 0.416 e. The highest BCUT2D eigenvalue weighted by Crippen LogP contribution is 2.34. The molecule has 0 fully saturated rings. The second-order valence-electron chi connectivity index (χ2n) is 5.42. The topological polar surface area (TPSA) is 29.3 Å². The Kier molecular flexibility index (Phi) is 9.26. The van der Waals surface area contributed by atoms with Gasteiger partial charge >= 0.3 is 6.18 Å². The first-order valence-corrected chi connectivity index (χ1v) is 8.19. The molecule has 24 heavy (non-hydrogen) atoms. The van der Waals surface area contributed by atoms with Crippen LogP contribution in [0.5, 0.6) is 0 Å². The molecule has 0 atom stereocenters. The number of allylic oxidation sites excluding steroid dienone is 3. The molecule has 1 aromatic carbocycles. The molecule has 0 saturated carbocycles. The fourth-order valence-corrected chi connectivity index (χ4v) is 1.98. The van der Waals surface area contributed by atoms with Crippen LogP contribution in [-0.4, -0.2) is 4.90 Å². The summed E-state index contributed by atoms with van der Waals surface area (Å²) in [6, 6.07) is 3.95. The summed E-state index contributed by atoms with van der Waals surface area (Å²) in [6.07, 6.45) is 0.167. The first kappa shape index (κ1) is 22.1. The van der Waals surface area contributed by atoms with Crippen molar-refractivity contribution in [1.82, 2.24) is 4.90 Å². The average Bonchev–Trinajstić information content (AvgIpc) is 2.52. The van der Waals surface area contributed by atoms with E-state index in [1.165, 1.54) is 12.1 Å². The monoisotopic (exact) mass is 342 g/mol. The minimum Gasteiger partial charge on any atom is -0.399 e. The van der Waals surface area contributed by atoms with Gasteiger partial charge in [-0.2, -0.15) is 13.2 Å². The normalized spacial score (nSPS) is 11.0. The quantitative estimate of drug-likeness (QED) is 0.631. The van der Waals surface area contributed by atoms with Crippen LogP contribution in [0.3, 0.4) is 0 Å². The van der Waals surface area contributed by atoms with E-state index in [2.05, 4.69) is 0 Å². The molecule has 0 aliphatic heterocycles. The molecule has 2 nitrogen and oxygen atoms in total. The van der Waals surface area contributed by atoms with Crippen molar-refractivity contribution in [3.63, 3.8) is 0 Å². The maximum Gasteiger partial charge on any atom is 0.416 e. The summed E-state index contributed by atoms with van der Waals surface area (Å²) >= 11 is 0. The third-order valence-corrected chi connectivity index (χ3v) is 3.46. The molecule has 0 bridgehead atoms. The molecular weight excluding hydrogens is 313 g/mol. The molecule has 5 heteroatoms. The predicted octanol–water partition coefficient (Wildman–Crippen LogP) is 6.35. The van der Waals surface area contributed by atoms with E-state index in [0.29, 0.717) is 0 Å². The molecule has 136 valence electrons. The smallest absolute Gasteiger partial charge is 0.399 e. The molecule has 0 heterocycles. The van der Waals surface area contributed by atoms with Crippen molar-refractivity contribution < 1.29 is 13.2 Å². The highest BCUT2D eigenvalue weighted by molar-refractivity contribution is 5.46. The number of alkyl halides is 3. The Bertz CT molecular complexity index is 568. The van der Waals surface area contributed by atoms with Gasteiger partial charge in [0, 0.05) is 24.1 Å². The number of rotatable bonds is 5. The second-order valence-corrected chi connectivity index (χ2v) is 5.42. The molecule has 0 aromatic heterocycles. The van der Waals surface area contributed by atoms with Crippen molar-refractivity contribution in [2.45, 2.75) is 60.7 Å². The highest BCUT2D eigenvalue weighted by atomic mass is 19.4. The van der Waals surface area contributed by atoms with E-state index in [-0.39, 0.29) is 17.8 Å². The van der Waals surface area contributed by atoms with Gasteiger partial charge in [-0.25, -0.2) is 0 Å². The molecule has 0 spiro atoms. The molecule has 0 aliphatic carbocycles. The molecule has 2 N–H and O–H groups in total. The van der Waals surface area contributed by atoms with Gasteiger partial charge in [0.05, 0.1) is 5.56 Å². The highest BCUT2D eigenvalue weighted by Gasteiger charge is 2.33. The van der Waals surface area contributed by atoms with Gasteiger partial charge < -0.3 is 10.6 Å². The van der Waals surface area contributed by atoms with Crippen molar-refractivity contribution in [3.05, 3.63) is 52.9 Å². The summed E-state index contributed by atoms with van der Waals surface area (Å²) in [4.78, 5) is 1.83. The van der Waals surface area contributed by atoms with E-state index in [1.807, 2.05) is 58.7 Å². The van der Waals surface area contributed by atoms with Crippen LogP contribution in [0.2, 0.25) is 0 Å². The molecule has 0 amide bonds. The second kappa shape index (κ2) is 10.1. The lowest BCUT2D eigenvalue weighted by Gasteiger charge is -2.25. The number of halogens is 3. The van der Waals surface area contributed by atoms with Crippen molar-refractivity contribution >= 4 is 5.69 Å². The van der Waals surface area contributed by atoms with Gasteiger partial charge in [-0.05, 0) is 44.9 Å². The van der Waals surface area contributed by atoms with Crippen LogP contribution in [0.25, 0.3) is 0 Å². The van der Waals surface area contributed by atoms with E-state index in [0.717, 1.165) is 23.8 Å². The van der Waals surface area contributed by atoms with Gasteiger partial charge in [0.15, 0.2) is 0 Å². The summed E-state index contributed by atoms with van der Waals surface area (Å²) in [6.45, 7) is 11.9. The molecule has 0 radical (unpaired) electrons. The summed E-state index contributed by atoms with van der Waals surface area (Å²) in [5, 5.41) is 0. The van der Waals surface area contributed by atoms with Crippen LogP contribution in [0.15, 0.2) is 41.7 Å². The van der Waals surface area contributed by atoms with E-state index in [4.69, 9.17) is 5.73 Å². The lowest BCUT2D eigenvalue weighted by atomic mass is 10.0. The summed E-state index contributed by atoms with van der Waals surface area (Å²) in [5.41, 5.74) is 7.16. The van der Waals surface area contributed by atoms with E-state index in [9.17, 15) is 13.2 Å². The predicted molar refractivity (Wildman–Crippen MR) is 96.2 cm³/mol. The fourth-order valence-electron chi connectivity index (χ4n) is 1.98. The number of anilines is 1. The lowest BCUT2D eigenvalue weighted by Crippen LogP contribution is -2.19. The van der Waals surface area contributed by atoms with Gasteiger partial charge in [0.25, 0.3) is 0 Å². The Morgan fingerprint density at radius 2 is 1.75 bits per heavy atom. The number of hydrogen-bond acceptors (Lipinski definition) is 2. The van der Waals surface area contributed by atoms with Crippen LogP contribution >= 0.6 is 0 Å². The van der Waals surface area contributed by atoms with E-state index in [1.54, 1.807) is 0 Å². The zero-order chi connectivity index (χ0) is 18.9. The zero-order valence-corrected chi connectivity index (χ0v) is 15.5. The van der Waals surface area contributed by atoms with Gasteiger partial charge in [0.2, 0.25) is 0 Å². The van der Waals surface area contributed by atoms with Crippen molar-refractivity contribution in [2.24, 2.45) is 0 Å². The average molecular weight is 342 g/mol. The van der Waals surface area contributed by atoms with Gasteiger partial charge in [-0.15, -0.1) is 0 Å². The number of hydrogen-bond donors (Lipinski definition) is 1. The van der Waals surface area contributed by atoms with E-state index >= 15 is 0 Å². The number of nitrogens with two attached hydrogens (primary N) is 1. The summed E-state index contributed by atoms with van der Waals surface area (Å²) in [5.74, 6) is 0. The van der Waals surface area contributed by atoms with E-state index < -0.39 is 11.7 Å². The van der Waals surface area contributed by atoms with Crippen molar-refractivity contribution in [1.29, 1.82) is 0 Å². The molecule has 0 saturated heterocycles. The standard InChI is InChI=1S/C17H23F3N2.C2H6/c1-5-6-9-22(13(4)12(2)3)11-14-7-8-15(21)10-16(14)17(18,19)20;1-2/h6-10H,5,11,21H2,1-4H3;1-2H3/b9-6-;. The maximum atomic E-state index is 13.2. The van der Waals surface area contributed by atoms with Crippen LogP contribution in [0.4, 0.5) is 18.9 Å². The molecule has 1 rings (SSSR count). The number of nitrogen functional groups attached to an aromatic ring is 1. The fraction of sp³-hybridized carbons (Fsp3) is 0.474. The first-order chi connectivity index (χ1) is 11.2. The van der Waals surface area contributed by atoms with Crippen LogP contribution in [-0.2, 0) is 12.7 Å². The van der Waals surface area contributed by atoms with Gasteiger partial charge in [-0.3, -0.25) is 0 Å². The Morgan fingerprint density at radius 1 is 1.17 bits per heavy atom. The Morgan fingerprint density at radius 3 is 2.21 bits per heavy atom. The summed E-state index contributed by atoms with van der Waals surface area (Å²) < 4.78 is 39.6. The number of nitrogens with zero attached hydrogens (tertiary/aromatic N) is 1. The first-order valence-electron chi connectivity index (χ1n) is 8.19. The van der Waals surface area contributed by atoms with Gasteiger partial charge in [-0.1, -0.05) is 38.5 Å². The molecule has 1 aromatic rings. The minimum absolute atomic E-state index is 0.116. The third-order valence-electron chi connectivity index (χ3n) is 3.46. The molecular formula is C19H29F3N2. The van der Waals surface area contributed by atoms with Crippen LogP contribution in [0, 0.1) is 0 Å². The zero-order valence-electron chi connectivity index (χ0n) is 15.5. The minimum atomic E-state index is -4.41.